The Hall–Kier alpha value is -2.84. The van der Waals surface area contributed by atoms with Crippen molar-refractivity contribution in [3.05, 3.63) is 87.6 Å². The van der Waals surface area contributed by atoms with Gasteiger partial charge in [-0.05, 0) is 42.8 Å². The molecule has 3 aromatic rings. The number of nitrogens with zero attached hydrogens (tertiary/aromatic N) is 1. The van der Waals surface area contributed by atoms with Crippen LogP contribution in [0.2, 0.25) is 0 Å². The molecule has 2 heterocycles. The van der Waals surface area contributed by atoms with Crippen molar-refractivity contribution in [2.24, 2.45) is 4.99 Å². The van der Waals surface area contributed by atoms with E-state index in [-0.39, 0.29) is 11.7 Å². The number of halogens is 2. The van der Waals surface area contributed by atoms with E-state index >= 15 is 4.39 Å². The van der Waals surface area contributed by atoms with Crippen molar-refractivity contribution in [1.82, 2.24) is 5.32 Å². The second-order valence-corrected chi connectivity index (χ2v) is 9.62. The molecule has 1 unspecified atom stereocenters. The predicted molar refractivity (Wildman–Crippen MR) is 126 cm³/mol. The van der Waals surface area contributed by atoms with Crippen LogP contribution in [-0.2, 0) is 4.75 Å². The molecule has 0 bridgehead atoms. The van der Waals surface area contributed by atoms with Gasteiger partial charge in [0.05, 0.1) is 11.9 Å². The Kier molecular flexibility index (Phi) is 5.43. The van der Waals surface area contributed by atoms with Crippen LogP contribution in [-0.4, -0.2) is 24.7 Å². The lowest BCUT2D eigenvalue weighted by molar-refractivity contribution is 0.0978. The molecule has 0 aromatic heterocycles. The Morgan fingerprint density at radius 2 is 2.00 bits per heavy atom. The molecular formula is C24H18BrFN2O3S. The molecule has 1 spiro atoms. The van der Waals surface area contributed by atoms with Gasteiger partial charge >= 0.3 is 0 Å². The van der Waals surface area contributed by atoms with Crippen molar-refractivity contribution >= 4 is 38.8 Å². The first-order chi connectivity index (χ1) is 15.5. The van der Waals surface area contributed by atoms with E-state index in [9.17, 15) is 4.79 Å². The molecule has 0 saturated carbocycles. The Balaban J connectivity index is 1.60. The minimum absolute atomic E-state index is 0.170. The number of amidine groups is 1. The second kappa shape index (κ2) is 8.26. The highest BCUT2D eigenvalue weighted by Crippen LogP contribution is 2.58. The van der Waals surface area contributed by atoms with Crippen molar-refractivity contribution in [3.63, 3.8) is 0 Å². The lowest BCUT2D eigenvalue weighted by Crippen LogP contribution is -2.39. The fourth-order valence-electron chi connectivity index (χ4n) is 4.02. The standard InChI is InChI=1S/C24H18BrFN2O3S/c1-30-16-12-18-21(19(26)13-16)31-20-8-7-15(25)11-17(20)24(18)9-10-27-23(32-24)28-22(29)14-5-3-2-4-6-14/h2-8,11-13H,9-10H2,1H3,(H,27,28,29). The highest BCUT2D eigenvalue weighted by Gasteiger charge is 2.47. The van der Waals surface area contributed by atoms with E-state index in [4.69, 9.17) is 9.47 Å². The summed E-state index contributed by atoms with van der Waals surface area (Å²) >= 11 is 4.94. The summed E-state index contributed by atoms with van der Waals surface area (Å²) in [4.78, 5) is 17.3. The van der Waals surface area contributed by atoms with E-state index in [1.165, 1.54) is 24.9 Å². The highest BCUT2D eigenvalue weighted by atomic mass is 79.9. The molecule has 1 N–H and O–H groups in total. The number of nitrogens with one attached hydrogen (secondary N) is 1. The Bertz CT molecular complexity index is 1250. The summed E-state index contributed by atoms with van der Waals surface area (Å²) in [7, 11) is 1.50. The van der Waals surface area contributed by atoms with Crippen LogP contribution in [0.4, 0.5) is 4.39 Å². The molecule has 1 amide bonds. The van der Waals surface area contributed by atoms with Gasteiger partial charge in [-0.1, -0.05) is 45.9 Å². The van der Waals surface area contributed by atoms with E-state index in [1.807, 2.05) is 36.4 Å². The predicted octanol–water partition coefficient (Wildman–Crippen LogP) is 5.87. The average Bonchev–Trinajstić information content (AvgIpc) is 2.81. The number of aliphatic imine (C=N–C) groups is 1. The maximum atomic E-state index is 15.0. The molecule has 0 saturated heterocycles. The summed E-state index contributed by atoms with van der Waals surface area (Å²) in [5.74, 6) is 0.412. The smallest absolute Gasteiger partial charge is 0.257 e. The van der Waals surface area contributed by atoms with Crippen LogP contribution in [0.3, 0.4) is 0 Å². The van der Waals surface area contributed by atoms with Gasteiger partial charge in [-0.15, -0.1) is 0 Å². The first-order valence-electron chi connectivity index (χ1n) is 9.96. The molecule has 2 aliphatic heterocycles. The summed E-state index contributed by atoms with van der Waals surface area (Å²) in [5.41, 5.74) is 2.09. The van der Waals surface area contributed by atoms with Crippen LogP contribution in [0.15, 0.2) is 70.1 Å². The molecule has 2 aliphatic rings. The van der Waals surface area contributed by atoms with E-state index < -0.39 is 10.6 Å². The van der Waals surface area contributed by atoms with Crippen molar-refractivity contribution < 1.29 is 18.7 Å². The van der Waals surface area contributed by atoms with Gasteiger partial charge in [0.2, 0.25) is 0 Å². The van der Waals surface area contributed by atoms with Crippen LogP contribution in [0.5, 0.6) is 17.2 Å². The van der Waals surface area contributed by atoms with E-state index in [0.29, 0.717) is 40.8 Å². The van der Waals surface area contributed by atoms with Crippen LogP contribution < -0.4 is 14.8 Å². The number of ether oxygens (including phenoxy) is 2. The highest BCUT2D eigenvalue weighted by molar-refractivity contribution is 9.10. The summed E-state index contributed by atoms with van der Waals surface area (Å²) in [6.07, 6.45) is 0.606. The van der Waals surface area contributed by atoms with Crippen LogP contribution in [0, 0.1) is 5.82 Å². The van der Waals surface area contributed by atoms with Crippen LogP contribution >= 0.6 is 27.7 Å². The SMILES string of the molecule is COc1cc(F)c2c(c1)C1(CCN=C(NC(=O)c3ccccc3)S1)c1cc(Br)ccc1O2. The van der Waals surface area contributed by atoms with E-state index in [0.717, 1.165) is 10.0 Å². The third kappa shape index (κ3) is 3.57. The van der Waals surface area contributed by atoms with Gasteiger partial charge in [0.15, 0.2) is 16.7 Å². The maximum absolute atomic E-state index is 15.0. The third-order valence-electron chi connectivity index (χ3n) is 5.52. The number of benzene rings is 3. The van der Waals surface area contributed by atoms with Crippen molar-refractivity contribution in [1.29, 1.82) is 0 Å². The molecule has 0 aliphatic carbocycles. The van der Waals surface area contributed by atoms with Crippen LogP contribution in [0.25, 0.3) is 0 Å². The molecule has 5 nitrogen and oxygen atoms in total. The summed E-state index contributed by atoms with van der Waals surface area (Å²) in [6.45, 7) is 0.460. The first-order valence-corrected chi connectivity index (χ1v) is 11.6. The molecule has 5 rings (SSSR count). The maximum Gasteiger partial charge on any atom is 0.257 e. The molecule has 0 radical (unpaired) electrons. The zero-order valence-electron chi connectivity index (χ0n) is 17.0. The number of carbonyl (C=O) groups excluding carboxylic acids is 1. The minimum atomic E-state index is -0.705. The van der Waals surface area contributed by atoms with E-state index in [2.05, 4.69) is 26.2 Å². The quantitative estimate of drug-likeness (QED) is 0.466. The Labute approximate surface area is 197 Å². The number of carbonyl (C=O) groups is 1. The largest absolute Gasteiger partial charge is 0.497 e. The number of rotatable bonds is 2. The summed E-state index contributed by atoms with van der Waals surface area (Å²) in [5, 5.41) is 3.40. The number of hydrogen-bond donors (Lipinski definition) is 1. The first kappa shape index (κ1) is 21.0. The topological polar surface area (TPSA) is 59.9 Å². The molecule has 1 atom stereocenters. The van der Waals surface area contributed by atoms with Crippen molar-refractivity contribution in [2.45, 2.75) is 11.2 Å². The zero-order valence-corrected chi connectivity index (χ0v) is 19.4. The van der Waals surface area contributed by atoms with Gasteiger partial charge in [-0.2, -0.15) is 0 Å². The normalized spacial score (nSPS) is 18.8. The number of thioether (sulfide) groups is 1. The Morgan fingerprint density at radius 3 is 2.78 bits per heavy atom. The molecule has 3 aromatic carbocycles. The van der Waals surface area contributed by atoms with Gasteiger partial charge in [0, 0.05) is 33.8 Å². The lowest BCUT2D eigenvalue weighted by Gasteiger charge is -2.41. The van der Waals surface area contributed by atoms with Gasteiger partial charge < -0.3 is 14.8 Å². The zero-order chi connectivity index (χ0) is 22.3. The summed E-state index contributed by atoms with van der Waals surface area (Å²) < 4.78 is 26.5. The van der Waals surface area contributed by atoms with Gasteiger partial charge in [-0.25, -0.2) is 4.39 Å². The van der Waals surface area contributed by atoms with Gasteiger partial charge in [-0.3, -0.25) is 9.79 Å². The molecule has 8 heteroatoms. The number of methoxy groups -OCH3 is 1. The number of hydrogen-bond acceptors (Lipinski definition) is 5. The van der Waals surface area contributed by atoms with Crippen molar-refractivity contribution in [2.75, 3.05) is 13.7 Å². The Morgan fingerprint density at radius 1 is 1.19 bits per heavy atom. The fraction of sp³-hybridized carbons (Fsp3) is 0.167. The van der Waals surface area contributed by atoms with Gasteiger partial charge in [0.1, 0.15) is 11.5 Å². The average molecular weight is 513 g/mol. The summed E-state index contributed by atoms with van der Waals surface area (Å²) in [6, 6.07) is 17.7. The number of amides is 1. The fourth-order valence-corrected chi connectivity index (χ4v) is 5.73. The second-order valence-electron chi connectivity index (χ2n) is 7.41. The molecule has 162 valence electrons. The minimum Gasteiger partial charge on any atom is -0.497 e. The van der Waals surface area contributed by atoms with E-state index in [1.54, 1.807) is 18.2 Å². The van der Waals surface area contributed by atoms with Crippen molar-refractivity contribution in [3.8, 4) is 17.2 Å². The molecular weight excluding hydrogens is 495 g/mol. The van der Waals surface area contributed by atoms with Crippen LogP contribution in [0.1, 0.15) is 27.9 Å². The molecule has 0 fully saturated rings. The molecule has 32 heavy (non-hydrogen) atoms. The van der Waals surface area contributed by atoms with Gasteiger partial charge in [0.25, 0.3) is 5.91 Å². The monoisotopic (exact) mass is 512 g/mol. The third-order valence-corrected chi connectivity index (χ3v) is 7.43. The lowest BCUT2D eigenvalue weighted by atomic mass is 9.84. The number of fused-ring (bicyclic) bond motifs is 4.